The Bertz CT molecular complexity index is 969. The number of carbonyl (C=O) groups is 2. The van der Waals surface area contributed by atoms with Crippen LogP contribution in [0.2, 0.25) is 0 Å². The van der Waals surface area contributed by atoms with Gasteiger partial charge in [-0.15, -0.1) is 0 Å². The van der Waals surface area contributed by atoms with E-state index in [1.807, 2.05) is 60.7 Å². The summed E-state index contributed by atoms with van der Waals surface area (Å²) >= 11 is 0. The van der Waals surface area contributed by atoms with E-state index in [9.17, 15) is 9.59 Å². The molecule has 1 amide bonds. The molecule has 0 spiro atoms. The first-order valence-electron chi connectivity index (χ1n) is 9.32. The average Bonchev–Trinajstić information content (AvgIpc) is 2.75. The van der Waals surface area contributed by atoms with Crippen LogP contribution in [0.4, 0.5) is 5.69 Å². The van der Waals surface area contributed by atoms with Crippen molar-refractivity contribution in [1.82, 2.24) is 0 Å². The minimum Gasteiger partial charge on any atom is -0.452 e. The molecule has 0 aliphatic rings. The van der Waals surface area contributed by atoms with Gasteiger partial charge in [0.1, 0.15) is 0 Å². The number of methoxy groups -OCH3 is 1. The molecule has 0 radical (unpaired) electrons. The van der Waals surface area contributed by atoms with E-state index in [1.165, 1.54) is 0 Å². The second-order valence-corrected chi connectivity index (χ2v) is 6.58. The monoisotopic (exact) mass is 389 g/mol. The third kappa shape index (κ3) is 6.02. The van der Waals surface area contributed by atoms with E-state index in [0.717, 1.165) is 16.7 Å². The van der Waals surface area contributed by atoms with Gasteiger partial charge in [-0.3, -0.25) is 4.79 Å². The fourth-order valence-corrected chi connectivity index (χ4v) is 2.97. The zero-order chi connectivity index (χ0) is 20.5. The molecule has 0 saturated carbocycles. The Morgan fingerprint density at radius 2 is 1.59 bits per heavy atom. The number of nitrogens with one attached hydrogen (secondary N) is 1. The van der Waals surface area contributed by atoms with Gasteiger partial charge in [-0.25, -0.2) is 4.79 Å². The van der Waals surface area contributed by atoms with Crippen molar-refractivity contribution in [3.8, 4) is 0 Å². The number of hydrogen-bond donors (Lipinski definition) is 1. The first-order valence-corrected chi connectivity index (χ1v) is 9.32. The van der Waals surface area contributed by atoms with E-state index in [4.69, 9.17) is 9.47 Å². The fraction of sp³-hybridized carbons (Fsp3) is 0.167. The smallest absolute Gasteiger partial charge is 0.338 e. The number of esters is 1. The van der Waals surface area contributed by atoms with E-state index < -0.39 is 5.97 Å². The highest BCUT2D eigenvalue weighted by atomic mass is 16.5. The molecule has 0 saturated heterocycles. The van der Waals surface area contributed by atoms with Crippen LogP contribution in [0.25, 0.3) is 0 Å². The third-order valence-electron chi connectivity index (χ3n) is 4.34. The average molecular weight is 389 g/mol. The lowest BCUT2D eigenvalue weighted by Gasteiger charge is -2.12. The molecule has 0 aliphatic heterocycles. The highest BCUT2D eigenvalue weighted by Crippen LogP contribution is 2.19. The first kappa shape index (κ1) is 20.3. The van der Waals surface area contributed by atoms with Crippen LogP contribution in [0.1, 0.15) is 27.0 Å². The molecule has 5 heteroatoms. The summed E-state index contributed by atoms with van der Waals surface area (Å²) in [6.45, 7) is 0.0484. The molecule has 3 aromatic carbocycles. The molecule has 0 bridgehead atoms. The summed E-state index contributed by atoms with van der Waals surface area (Å²) in [5.74, 6) is -0.928. The van der Waals surface area contributed by atoms with Crippen LogP contribution in [0.5, 0.6) is 0 Å². The predicted octanol–water partition coefficient (Wildman–Crippen LogP) is 4.22. The summed E-state index contributed by atoms with van der Waals surface area (Å²) < 4.78 is 10.2. The van der Waals surface area contributed by atoms with Gasteiger partial charge in [0.05, 0.1) is 12.2 Å². The number of benzene rings is 3. The molecular weight excluding hydrogens is 366 g/mol. The molecule has 0 atom stereocenters. The van der Waals surface area contributed by atoms with Crippen LogP contribution in [0.15, 0.2) is 78.9 Å². The van der Waals surface area contributed by atoms with Crippen molar-refractivity contribution < 1.29 is 19.1 Å². The summed E-state index contributed by atoms with van der Waals surface area (Å²) in [5.41, 5.74) is 4.10. The van der Waals surface area contributed by atoms with Crippen molar-refractivity contribution in [3.05, 3.63) is 101 Å². The van der Waals surface area contributed by atoms with Gasteiger partial charge < -0.3 is 14.8 Å². The molecule has 3 aromatic rings. The van der Waals surface area contributed by atoms with Crippen molar-refractivity contribution in [2.75, 3.05) is 19.0 Å². The zero-order valence-electron chi connectivity index (χ0n) is 16.3. The molecular formula is C24H23NO4. The van der Waals surface area contributed by atoms with Crippen molar-refractivity contribution in [2.45, 2.75) is 13.0 Å². The van der Waals surface area contributed by atoms with Crippen molar-refractivity contribution in [2.24, 2.45) is 0 Å². The number of rotatable bonds is 8. The summed E-state index contributed by atoms with van der Waals surface area (Å²) in [5, 5.41) is 2.83. The van der Waals surface area contributed by atoms with Gasteiger partial charge in [-0.1, -0.05) is 60.7 Å². The van der Waals surface area contributed by atoms with Gasteiger partial charge in [0.15, 0.2) is 6.61 Å². The van der Waals surface area contributed by atoms with Crippen LogP contribution in [-0.2, 0) is 27.3 Å². The topological polar surface area (TPSA) is 64.6 Å². The molecule has 1 N–H and O–H groups in total. The Balaban J connectivity index is 1.58. The first-order chi connectivity index (χ1) is 14.2. The highest BCUT2D eigenvalue weighted by Gasteiger charge is 2.12. The Labute approximate surface area is 170 Å². The van der Waals surface area contributed by atoms with Crippen molar-refractivity contribution in [1.29, 1.82) is 0 Å². The molecule has 0 aliphatic carbocycles. The van der Waals surface area contributed by atoms with Gasteiger partial charge in [-0.2, -0.15) is 0 Å². The number of ether oxygens (including phenoxy) is 2. The Morgan fingerprint density at radius 3 is 2.38 bits per heavy atom. The van der Waals surface area contributed by atoms with Gasteiger partial charge in [0.25, 0.3) is 5.91 Å². The maximum Gasteiger partial charge on any atom is 0.338 e. The van der Waals surface area contributed by atoms with Gasteiger partial charge in [0, 0.05) is 12.8 Å². The van der Waals surface area contributed by atoms with E-state index in [1.54, 1.807) is 25.3 Å². The number of anilines is 1. The lowest BCUT2D eigenvalue weighted by atomic mass is 10.0. The van der Waals surface area contributed by atoms with Crippen LogP contribution >= 0.6 is 0 Å². The lowest BCUT2D eigenvalue weighted by Crippen LogP contribution is -2.21. The quantitative estimate of drug-likeness (QED) is 0.586. The van der Waals surface area contributed by atoms with E-state index in [0.29, 0.717) is 24.3 Å². The minimum absolute atomic E-state index is 0.354. The number of para-hydroxylation sites is 1. The standard InChI is InChI=1S/C24H23NO4/c1-28-16-19-10-7-12-21(15-19)24(27)29-17-23(26)25-22-13-6-5-11-20(22)14-18-8-3-2-4-9-18/h2-13,15H,14,16-17H2,1H3,(H,25,26). The molecule has 29 heavy (non-hydrogen) atoms. The predicted molar refractivity (Wildman–Crippen MR) is 112 cm³/mol. The number of amides is 1. The maximum absolute atomic E-state index is 12.3. The summed E-state index contributed by atoms with van der Waals surface area (Å²) in [4.78, 5) is 24.5. The Morgan fingerprint density at radius 1 is 0.862 bits per heavy atom. The van der Waals surface area contributed by atoms with E-state index >= 15 is 0 Å². The normalized spacial score (nSPS) is 10.4. The summed E-state index contributed by atoms with van der Waals surface area (Å²) in [6, 6.07) is 24.6. The van der Waals surface area contributed by atoms with Gasteiger partial charge >= 0.3 is 5.97 Å². The largest absolute Gasteiger partial charge is 0.452 e. The Hall–Kier alpha value is -3.44. The van der Waals surface area contributed by atoms with Crippen LogP contribution in [-0.4, -0.2) is 25.6 Å². The number of carbonyl (C=O) groups excluding carboxylic acids is 2. The molecule has 0 heterocycles. The molecule has 3 rings (SSSR count). The molecule has 0 aromatic heterocycles. The lowest BCUT2D eigenvalue weighted by molar-refractivity contribution is -0.119. The Kier molecular flexibility index (Phi) is 7.14. The molecule has 5 nitrogen and oxygen atoms in total. The summed E-state index contributed by atoms with van der Waals surface area (Å²) in [6.07, 6.45) is 0.698. The second-order valence-electron chi connectivity index (χ2n) is 6.58. The maximum atomic E-state index is 12.3. The van der Waals surface area contributed by atoms with Gasteiger partial charge in [0.2, 0.25) is 0 Å². The SMILES string of the molecule is COCc1cccc(C(=O)OCC(=O)Nc2ccccc2Cc2ccccc2)c1. The van der Waals surface area contributed by atoms with Gasteiger partial charge in [-0.05, 0) is 41.3 Å². The minimum atomic E-state index is -0.546. The third-order valence-corrected chi connectivity index (χ3v) is 4.34. The molecule has 0 unspecified atom stereocenters. The van der Waals surface area contributed by atoms with E-state index in [-0.39, 0.29) is 12.5 Å². The van der Waals surface area contributed by atoms with Crippen molar-refractivity contribution in [3.63, 3.8) is 0 Å². The second kappa shape index (κ2) is 10.2. The van der Waals surface area contributed by atoms with Crippen molar-refractivity contribution >= 4 is 17.6 Å². The fourth-order valence-electron chi connectivity index (χ4n) is 2.97. The highest BCUT2D eigenvalue weighted by molar-refractivity contribution is 5.96. The van der Waals surface area contributed by atoms with Crippen LogP contribution < -0.4 is 5.32 Å². The molecule has 148 valence electrons. The zero-order valence-corrected chi connectivity index (χ0v) is 16.3. The van der Waals surface area contributed by atoms with E-state index in [2.05, 4.69) is 5.32 Å². The summed E-state index contributed by atoms with van der Waals surface area (Å²) in [7, 11) is 1.59. The van der Waals surface area contributed by atoms with Crippen LogP contribution in [0.3, 0.4) is 0 Å². The van der Waals surface area contributed by atoms with Crippen LogP contribution in [0, 0.1) is 0 Å². The molecule has 0 fully saturated rings. The number of hydrogen-bond acceptors (Lipinski definition) is 4.